The molecule has 0 saturated heterocycles. The first-order valence-electron chi connectivity index (χ1n) is 12.8. The molecule has 0 spiro atoms. The van der Waals surface area contributed by atoms with Crippen molar-refractivity contribution < 1.29 is 23.9 Å². The molecule has 13 nitrogen and oxygen atoms in total. The van der Waals surface area contributed by atoms with Crippen molar-refractivity contribution in [1.82, 2.24) is 24.6 Å². The minimum absolute atomic E-state index is 0.0231. The number of carbonyl (C=O) groups is 1. The fraction of sp³-hybridized carbons (Fsp3) is 0.333. The maximum atomic E-state index is 13.0. The van der Waals surface area contributed by atoms with Gasteiger partial charge in [-0.3, -0.25) is 24.3 Å². The summed E-state index contributed by atoms with van der Waals surface area (Å²) in [4.78, 5) is 40.7. The molecule has 40 heavy (non-hydrogen) atoms. The number of hydrogen-bond donors (Lipinski definition) is 1. The third kappa shape index (κ3) is 6.20. The van der Waals surface area contributed by atoms with E-state index >= 15 is 0 Å². The molecule has 4 aromatic rings. The van der Waals surface area contributed by atoms with Crippen molar-refractivity contribution in [2.75, 3.05) is 26.4 Å². The maximum Gasteiger partial charge on any atom is 0.269 e. The van der Waals surface area contributed by atoms with Gasteiger partial charge in [0.15, 0.2) is 17.1 Å². The lowest BCUT2D eigenvalue weighted by Gasteiger charge is -2.17. The van der Waals surface area contributed by atoms with Crippen LogP contribution in [0.5, 0.6) is 17.2 Å². The Labute approximate surface area is 229 Å². The van der Waals surface area contributed by atoms with E-state index in [4.69, 9.17) is 14.2 Å². The first kappa shape index (κ1) is 28.1. The van der Waals surface area contributed by atoms with E-state index in [9.17, 15) is 19.7 Å². The van der Waals surface area contributed by atoms with Crippen LogP contribution in [-0.4, -0.2) is 56.5 Å². The van der Waals surface area contributed by atoms with E-state index in [1.165, 1.54) is 29.2 Å². The summed E-state index contributed by atoms with van der Waals surface area (Å²) in [5.41, 5.74) is 1.15. The Bertz CT molecular complexity index is 1540. The smallest absolute Gasteiger partial charge is 0.269 e. The number of non-ortho nitro benzene ring substituents is 1. The number of fused-ring (bicyclic) bond motifs is 1. The van der Waals surface area contributed by atoms with Crippen LogP contribution in [0.1, 0.15) is 36.7 Å². The first-order valence-corrected chi connectivity index (χ1v) is 12.8. The molecule has 0 aliphatic heterocycles. The molecular weight excluding hydrogens is 520 g/mol. The highest BCUT2D eigenvalue weighted by atomic mass is 16.6. The number of ether oxygens (including phenoxy) is 3. The van der Waals surface area contributed by atoms with Gasteiger partial charge in [-0.05, 0) is 38.5 Å². The zero-order chi connectivity index (χ0) is 28.6. The van der Waals surface area contributed by atoms with Crippen molar-refractivity contribution in [2.45, 2.75) is 33.9 Å². The summed E-state index contributed by atoms with van der Waals surface area (Å²) in [6.45, 7) is 7.46. The second-order valence-electron chi connectivity index (χ2n) is 8.56. The molecule has 210 valence electrons. The van der Waals surface area contributed by atoms with Crippen LogP contribution in [0.4, 0.5) is 5.69 Å². The lowest BCUT2D eigenvalue weighted by Crippen LogP contribution is -2.28. The lowest BCUT2D eigenvalue weighted by atomic mass is 10.1. The average Bonchev–Trinajstić information content (AvgIpc) is 3.36. The number of benzene rings is 2. The molecule has 13 heteroatoms. The molecule has 0 fully saturated rings. The van der Waals surface area contributed by atoms with E-state index in [0.717, 1.165) is 5.56 Å². The fourth-order valence-electron chi connectivity index (χ4n) is 4.09. The summed E-state index contributed by atoms with van der Waals surface area (Å²) < 4.78 is 20.0. The van der Waals surface area contributed by atoms with Crippen molar-refractivity contribution >= 4 is 22.6 Å². The van der Waals surface area contributed by atoms with Crippen molar-refractivity contribution in [3.8, 4) is 17.2 Å². The number of nitro benzene ring substituents is 1. The fourth-order valence-corrected chi connectivity index (χ4v) is 4.09. The number of nitrogens with zero attached hydrogens (tertiary/aromatic N) is 5. The monoisotopic (exact) mass is 550 g/mol. The van der Waals surface area contributed by atoms with Crippen molar-refractivity contribution in [2.24, 2.45) is 0 Å². The van der Waals surface area contributed by atoms with Crippen LogP contribution >= 0.6 is 0 Å². The van der Waals surface area contributed by atoms with Crippen molar-refractivity contribution in [3.63, 3.8) is 0 Å². The van der Waals surface area contributed by atoms with Crippen molar-refractivity contribution in [1.29, 1.82) is 0 Å². The zero-order valence-electron chi connectivity index (χ0n) is 22.5. The summed E-state index contributed by atoms with van der Waals surface area (Å²) in [6.07, 6.45) is 2.85. The van der Waals surface area contributed by atoms with Crippen LogP contribution in [0.2, 0.25) is 0 Å². The molecule has 2 aromatic heterocycles. The third-order valence-corrected chi connectivity index (χ3v) is 5.90. The quantitative estimate of drug-likeness (QED) is 0.195. The molecule has 0 bridgehead atoms. The van der Waals surface area contributed by atoms with Crippen LogP contribution in [0.25, 0.3) is 11.0 Å². The normalized spacial score (nSPS) is 10.9. The third-order valence-electron chi connectivity index (χ3n) is 5.90. The highest BCUT2D eigenvalue weighted by Gasteiger charge is 2.19. The molecular formula is C27H30N6O7. The molecule has 4 rings (SSSR count). The van der Waals surface area contributed by atoms with Crippen LogP contribution in [0.15, 0.2) is 53.7 Å². The Morgan fingerprint density at radius 3 is 2.27 bits per heavy atom. The predicted molar refractivity (Wildman–Crippen MR) is 146 cm³/mol. The molecule has 1 N–H and O–H groups in total. The van der Waals surface area contributed by atoms with Crippen LogP contribution < -0.4 is 25.1 Å². The average molecular weight is 551 g/mol. The highest BCUT2D eigenvalue weighted by Crippen LogP contribution is 2.39. The van der Waals surface area contributed by atoms with E-state index < -0.39 is 4.92 Å². The molecule has 0 saturated carbocycles. The van der Waals surface area contributed by atoms with E-state index in [-0.39, 0.29) is 36.8 Å². The largest absolute Gasteiger partial charge is 0.490 e. The summed E-state index contributed by atoms with van der Waals surface area (Å²) in [6, 6.07) is 9.21. The van der Waals surface area contributed by atoms with Crippen LogP contribution in [-0.2, 0) is 13.1 Å². The van der Waals surface area contributed by atoms with Gasteiger partial charge in [-0.2, -0.15) is 5.10 Å². The highest BCUT2D eigenvalue weighted by molar-refractivity contribution is 5.95. The second-order valence-corrected chi connectivity index (χ2v) is 8.56. The molecule has 0 radical (unpaired) electrons. The van der Waals surface area contributed by atoms with Gasteiger partial charge in [0.05, 0.1) is 44.0 Å². The first-order chi connectivity index (χ1) is 19.4. The Balaban J connectivity index is 1.45. The molecule has 0 aliphatic carbocycles. The van der Waals surface area contributed by atoms with Gasteiger partial charge in [0.1, 0.15) is 11.7 Å². The Morgan fingerprint density at radius 2 is 1.68 bits per heavy atom. The zero-order valence-corrected chi connectivity index (χ0v) is 22.5. The number of amides is 1. The molecule has 0 unspecified atom stereocenters. The summed E-state index contributed by atoms with van der Waals surface area (Å²) in [5, 5.41) is 18.3. The predicted octanol–water partition coefficient (Wildman–Crippen LogP) is 3.18. The van der Waals surface area contributed by atoms with E-state index in [2.05, 4.69) is 15.4 Å². The van der Waals surface area contributed by atoms with Gasteiger partial charge in [0, 0.05) is 24.2 Å². The second kappa shape index (κ2) is 12.7. The topological polar surface area (TPSA) is 153 Å². The molecule has 0 aliphatic rings. The number of carbonyl (C=O) groups excluding carboxylic acids is 1. The summed E-state index contributed by atoms with van der Waals surface area (Å²) in [7, 11) is 0. The van der Waals surface area contributed by atoms with Gasteiger partial charge in [0.25, 0.3) is 17.2 Å². The SMILES string of the molecule is CCOc1cc(C(=O)NCCn2ncc3c(=O)n(Cc4ccc([N+](=O)[O-])cc4)cnc32)cc(OCC)c1OCC. The standard InChI is InChI=1S/C27H30N6O7/c1-4-38-22-13-19(14-23(39-5-2)24(22)40-6-3)26(34)28-11-12-32-25-21(15-30-32)27(35)31(17-29-25)16-18-7-9-20(10-8-18)33(36)37/h7-10,13-15,17H,4-6,11-12,16H2,1-3H3,(H,28,34). The van der Waals surface area contributed by atoms with Gasteiger partial charge >= 0.3 is 0 Å². The summed E-state index contributed by atoms with van der Waals surface area (Å²) in [5.74, 6) is 0.969. The molecule has 2 heterocycles. The van der Waals surface area contributed by atoms with Gasteiger partial charge in [0.2, 0.25) is 5.75 Å². The van der Waals surface area contributed by atoms with Gasteiger partial charge in [-0.15, -0.1) is 0 Å². The van der Waals surface area contributed by atoms with E-state index in [0.29, 0.717) is 53.7 Å². The van der Waals surface area contributed by atoms with Crippen LogP contribution in [0, 0.1) is 10.1 Å². The number of rotatable bonds is 13. The maximum absolute atomic E-state index is 13.0. The molecule has 1 amide bonds. The minimum Gasteiger partial charge on any atom is -0.490 e. The van der Waals surface area contributed by atoms with E-state index in [1.54, 1.807) is 28.9 Å². The Hall–Kier alpha value is -4.94. The number of nitro groups is 1. The number of hydrogen-bond acceptors (Lipinski definition) is 9. The molecule has 0 atom stereocenters. The Kier molecular flexibility index (Phi) is 8.94. The van der Waals surface area contributed by atoms with Crippen LogP contribution in [0.3, 0.4) is 0 Å². The lowest BCUT2D eigenvalue weighted by molar-refractivity contribution is -0.384. The van der Waals surface area contributed by atoms with E-state index in [1.807, 2.05) is 20.8 Å². The number of aromatic nitrogens is 4. The summed E-state index contributed by atoms with van der Waals surface area (Å²) >= 11 is 0. The van der Waals surface area contributed by atoms with Gasteiger partial charge in [-0.1, -0.05) is 12.1 Å². The number of nitrogens with one attached hydrogen (secondary N) is 1. The van der Waals surface area contributed by atoms with Crippen molar-refractivity contribution in [3.05, 3.63) is 80.5 Å². The minimum atomic E-state index is -0.477. The van der Waals surface area contributed by atoms with Gasteiger partial charge in [-0.25, -0.2) is 9.67 Å². The molecule has 2 aromatic carbocycles. The van der Waals surface area contributed by atoms with Gasteiger partial charge < -0.3 is 19.5 Å². The Morgan fingerprint density at radius 1 is 1.02 bits per heavy atom.